The summed E-state index contributed by atoms with van der Waals surface area (Å²) in [6.07, 6.45) is 6.88. The number of rotatable bonds is 6. The van der Waals surface area contributed by atoms with Crippen LogP contribution < -0.4 is 5.32 Å². The standard InChI is InChI=1S/C23H25N5O2/c1-16(28-12-4-7-21(28)29)23(30)25-14-17-5-3-6-19(13-17)22-20(15-27(2)26-22)18-8-10-24-11-9-18/h3,5-6,8-11,13,15-16H,4,7,12,14H2,1-2H3,(H,25,30)/t16-/m0/s1. The maximum atomic E-state index is 12.5. The molecule has 1 saturated heterocycles. The quantitative estimate of drug-likeness (QED) is 0.686. The van der Waals surface area contributed by atoms with Gasteiger partial charge in [-0.3, -0.25) is 19.3 Å². The van der Waals surface area contributed by atoms with E-state index < -0.39 is 6.04 Å². The lowest BCUT2D eigenvalue weighted by molar-refractivity contribution is -0.136. The normalized spacial score (nSPS) is 14.7. The van der Waals surface area contributed by atoms with Gasteiger partial charge in [0.1, 0.15) is 11.7 Å². The Hall–Kier alpha value is -3.48. The molecule has 1 fully saturated rings. The first-order valence-corrected chi connectivity index (χ1v) is 10.1. The number of carbonyl (C=O) groups excluding carboxylic acids is 2. The van der Waals surface area contributed by atoms with Crippen molar-refractivity contribution >= 4 is 11.8 Å². The average Bonchev–Trinajstić information content (AvgIpc) is 3.37. The number of likely N-dealkylation sites (tertiary alicyclic amines) is 1. The highest BCUT2D eigenvalue weighted by Gasteiger charge is 2.29. The number of nitrogens with one attached hydrogen (secondary N) is 1. The molecular weight excluding hydrogens is 378 g/mol. The fourth-order valence-electron chi connectivity index (χ4n) is 3.83. The SMILES string of the molecule is C[C@@H](C(=O)NCc1cccc(-c2nn(C)cc2-c2ccncc2)c1)N1CCCC1=O. The maximum absolute atomic E-state index is 12.5. The molecule has 2 amide bonds. The van der Waals surface area contributed by atoms with E-state index in [1.54, 1.807) is 28.9 Å². The summed E-state index contributed by atoms with van der Waals surface area (Å²) in [6.45, 7) is 2.83. The second kappa shape index (κ2) is 8.49. The van der Waals surface area contributed by atoms with Gasteiger partial charge in [0.15, 0.2) is 0 Å². The summed E-state index contributed by atoms with van der Waals surface area (Å²) in [4.78, 5) is 30.1. The molecule has 1 N–H and O–H groups in total. The summed E-state index contributed by atoms with van der Waals surface area (Å²) in [5, 5.41) is 7.61. The van der Waals surface area contributed by atoms with Gasteiger partial charge in [0, 0.05) is 56.3 Å². The van der Waals surface area contributed by atoms with Crippen LogP contribution in [0.15, 0.2) is 55.0 Å². The van der Waals surface area contributed by atoms with Crippen molar-refractivity contribution in [3.8, 4) is 22.4 Å². The van der Waals surface area contributed by atoms with Crippen molar-refractivity contribution < 1.29 is 9.59 Å². The molecule has 0 unspecified atom stereocenters. The van der Waals surface area contributed by atoms with E-state index in [0.29, 0.717) is 19.5 Å². The molecule has 1 atom stereocenters. The van der Waals surface area contributed by atoms with E-state index in [9.17, 15) is 9.59 Å². The molecule has 0 saturated carbocycles. The predicted molar refractivity (Wildman–Crippen MR) is 114 cm³/mol. The van der Waals surface area contributed by atoms with Crippen molar-refractivity contribution in [1.29, 1.82) is 0 Å². The summed E-state index contributed by atoms with van der Waals surface area (Å²) in [6, 6.07) is 11.5. The van der Waals surface area contributed by atoms with Gasteiger partial charge in [0.2, 0.25) is 11.8 Å². The topological polar surface area (TPSA) is 80.1 Å². The van der Waals surface area contributed by atoms with Crippen LogP contribution in [0.1, 0.15) is 25.3 Å². The third-order valence-electron chi connectivity index (χ3n) is 5.44. The molecule has 7 nitrogen and oxygen atoms in total. The first-order chi connectivity index (χ1) is 14.5. The molecule has 2 aromatic heterocycles. The van der Waals surface area contributed by atoms with E-state index in [1.165, 1.54) is 0 Å². The van der Waals surface area contributed by atoms with Gasteiger partial charge in [-0.25, -0.2) is 0 Å². The van der Waals surface area contributed by atoms with Crippen molar-refractivity contribution in [3.63, 3.8) is 0 Å². The minimum Gasteiger partial charge on any atom is -0.350 e. The van der Waals surface area contributed by atoms with Crippen molar-refractivity contribution in [2.45, 2.75) is 32.4 Å². The van der Waals surface area contributed by atoms with Gasteiger partial charge in [0.25, 0.3) is 0 Å². The number of aromatic nitrogens is 3. The number of hydrogen-bond donors (Lipinski definition) is 1. The number of amides is 2. The van der Waals surface area contributed by atoms with E-state index >= 15 is 0 Å². The highest BCUT2D eigenvalue weighted by atomic mass is 16.2. The van der Waals surface area contributed by atoms with Crippen LogP contribution in [-0.2, 0) is 23.2 Å². The highest BCUT2D eigenvalue weighted by molar-refractivity contribution is 5.88. The second-order valence-electron chi connectivity index (χ2n) is 7.59. The Morgan fingerprint density at radius 2 is 2.00 bits per heavy atom. The molecule has 3 aromatic rings. The Bertz CT molecular complexity index is 1060. The van der Waals surface area contributed by atoms with E-state index in [-0.39, 0.29) is 11.8 Å². The van der Waals surface area contributed by atoms with Crippen molar-refractivity contribution in [2.24, 2.45) is 7.05 Å². The molecule has 0 radical (unpaired) electrons. The van der Waals surface area contributed by atoms with Crippen LogP contribution in [-0.4, -0.2) is 44.1 Å². The zero-order chi connectivity index (χ0) is 21.1. The number of aryl methyl sites for hydroxylation is 1. The lowest BCUT2D eigenvalue weighted by Crippen LogP contribution is -2.45. The van der Waals surface area contributed by atoms with Crippen LogP contribution in [0.3, 0.4) is 0 Å². The van der Waals surface area contributed by atoms with E-state index in [1.807, 2.05) is 49.6 Å². The van der Waals surface area contributed by atoms with Crippen LogP contribution in [0.5, 0.6) is 0 Å². The summed E-state index contributed by atoms with van der Waals surface area (Å²) in [5.41, 5.74) is 4.93. The van der Waals surface area contributed by atoms with Crippen LogP contribution in [0, 0.1) is 0 Å². The fourth-order valence-corrected chi connectivity index (χ4v) is 3.83. The van der Waals surface area contributed by atoms with Gasteiger partial charge in [-0.2, -0.15) is 5.10 Å². The van der Waals surface area contributed by atoms with Gasteiger partial charge < -0.3 is 10.2 Å². The second-order valence-corrected chi connectivity index (χ2v) is 7.59. The molecule has 7 heteroatoms. The van der Waals surface area contributed by atoms with Crippen LogP contribution in [0.25, 0.3) is 22.4 Å². The number of nitrogens with zero attached hydrogens (tertiary/aromatic N) is 4. The van der Waals surface area contributed by atoms with E-state index in [4.69, 9.17) is 0 Å². The van der Waals surface area contributed by atoms with Crippen LogP contribution >= 0.6 is 0 Å². The fraction of sp³-hybridized carbons (Fsp3) is 0.304. The van der Waals surface area contributed by atoms with Gasteiger partial charge in [-0.15, -0.1) is 0 Å². The molecular formula is C23H25N5O2. The maximum Gasteiger partial charge on any atom is 0.242 e. The Balaban J connectivity index is 1.50. The zero-order valence-corrected chi connectivity index (χ0v) is 17.2. The first kappa shape index (κ1) is 19.8. The van der Waals surface area contributed by atoms with Crippen molar-refractivity contribution in [3.05, 3.63) is 60.6 Å². The molecule has 1 aliphatic rings. The summed E-state index contributed by atoms with van der Waals surface area (Å²) < 4.78 is 1.80. The Kier molecular flexibility index (Phi) is 5.61. The lowest BCUT2D eigenvalue weighted by atomic mass is 10.0. The average molecular weight is 403 g/mol. The Morgan fingerprint density at radius 3 is 2.73 bits per heavy atom. The molecule has 30 heavy (non-hydrogen) atoms. The van der Waals surface area contributed by atoms with Crippen LogP contribution in [0.4, 0.5) is 0 Å². The number of pyridine rings is 1. The monoisotopic (exact) mass is 403 g/mol. The molecule has 0 spiro atoms. The third-order valence-corrected chi connectivity index (χ3v) is 5.44. The number of benzene rings is 1. The Labute approximate surface area is 175 Å². The number of hydrogen-bond acceptors (Lipinski definition) is 4. The molecule has 3 heterocycles. The smallest absolute Gasteiger partial charge is 0.242 e. The summed E-state index contributed by atoms with van der Waals surface area (Å²) in [7, 11) is 1.90. The number of carbonyl (C=O) groups is 2. The third kappa shape index (κ3) is 4.10. The largest absolute Gasteiger partial charge is 0.350 e. The van der Waals surface area contributed by atoms with Gasteiger partial charge in [-0.05, 0) is 42.7 Å². The van der Waals surface area contributed by atoms with Gasteiger partial charge >= 0.3 is 0 Å². The van der Waals surface area contributed by atoms with Crippen LogP contribution in [0.2, 0.25) is 0 Å². The van der Waals surface area contributed by atoms with Crippen molar-refractivity contribution in [1.82, 2.24) is 25.0 Å². The molecule has 154 valence electrons. The molecule has 0 aliphatic carbocycles. The minimum atomic E-state index is -0.447. The van der Waals surface area contributed by atoms with Crippen molar-refractivity contribution in [2.75, 3.05) is 6.54 Å². The lowest BCUT2D eigenvalue weighted by Gasteiger charge is -2.23. The molecule has 1 aromatic carbocycles. The zero-order valence-electron chi connectivity index (χ0n) is 17.2. The first-order valence-electron chi connectivity index (χ1n) is 10.1. The van der Waals surface area contributed by atoms with Gasteiger partial charge in [-0.1, -0.05) is 18.2 Å². The van der Waals surface area contributed by atoms with Gasteiger partial charge in [0.05, 0.1) is 0 Å². The molecule has 1 aliphatic heterocycles. The summed E-state index contributed by atoms with van der Waals surface area (Å²) in [5.74, 6) is -0.0793. The van der Waals surface area contributed by atoms with E-state index in [2.05, 4.69) is 15.4 Å². The highest BCUT2D eigenvalue weighted by Crippen LogP contribution is 2.30. The minimum absolute atomic E-state index is 0.0541. The molecule has 4 rings (SSSR count). The summed E-state index contributed by atoms with van der Waals surface area (Å²) >= 11 is 0. The molecule has 0 bridgehead atoms. The predicted octanol–water partition coefficient (Wildman–Crippen LogP) is 2.78. The Morgan fingerprint density at radius 1 is 1.20 bits per heavy atom. The van der Waals surface area contributed by atoms with E-state index in [0.717, 1.165) is 34.4 Å².